The molecule has 0 radical (unpaired) electrons. The number of allylic oxidation sites excluding steroid dienone is 3. The third-order valence-electron chi connectivity index (χ3n) is 1.60. The summed E-state index contributed by atoms with van der Waals surface area (Å²) in [4.78, 5) is 12.8. The zero-order chi connectivity index (χ0) is 8.97. The average Bonchev–Trinajstić information content (AvgIpc) is 2.32. The second kappa shape index (κ2) is 4.77. The highest BCUT2D eigenvalue weighted by Crippen LogP contribution is 2.48. The molecule has 0 aromatic rings. The molecule has 0 saturated carbocycles. The Balaban J connectivity index is 2.39. The number of carbonyl (C=O) groups excluding carboxylic acids is 1. The molecule has 1 heterocycles. The molecule has 0 N–H and O–H groups in total. The molecule has 0 unspecified atom stereocenters. The summed E-state index contributed by atoms with van der Waals surface area (Å²) in [7, 11) is 0. The topological polar surface area (TPSA) is 17.1 Å². The first kappa shape index (κ1) is 9.93. The van der Waals surface area contributed by atoms with Crippen LogP contribution in [-0.2, 0) is 4.79 Å². The van der Waals surface area contributed by atoms with E-state index in [9.17, 15) is 4.79 Å². The normalized spacial score (nSPS) is 17.0. The van der Waals surface area contributed by atoms with Crippen LogP contribution in [-0.4, -0.2) is 6.29 Å². The third kappa shape index (κ3) is 2.72. The minimum Gasteiger partial charge on any atom is -0.303 e. The first-order chi connectivity index (χ1) is 5.74. The van der Waals surface area contributed by atoms with Crippen molar-refractivity contribution in [3.05, 3.63) is 20.1 Å². The van der Waals surface area contributed by atoms with Gasteiger partial charge in [0.25, 0.3) is 0 Å². The molecule has 0 fully saturated rings. The van der Waals surface area contributed by atoms with Crippen molar-refractivity contribution >= 4 is 29.8 Å². The summed E-state index contributed by atoms with van der Waals surface area (Å²) in [5, 5.41) is 0. The lowest BCUT2D eigenvalue weighted by atomic mass is 10.3. The minimum atomic E-state index is 0.642. The van der Waals surface area contributed by atoms with Crippen LogP contribution in [0, 0.1) is 0 Å². The van der Waals surface area contributed by atoms with Gasteiger partial charge in [-0.2, -0.15) is 0 Å². The van der Waals surface area contributed by atoms with Gasteiger partial charge in [0.1, 0.15) is 6.29 Å². The van der Waals surface area contributed by atoms with Gasteiger partial charge >= 0.3 is 0 Å². The molecule has 0 amide bonds. The summed E-state index contributed by atoms with van der Waals surface area (Å²) in [6.07, 6.45) is 4.63. The first-order valence-electron chi connectivity index (χ1n) is 3.91. The highest BCUT2D eigenvalue weighted by molar-refractivity contribution is 8.28. The molecule has 1 aliphatic heterocycles. The fourth-order valence-electron chi connectivity index (χ4n) is 0.819. The van der Waals surface area contributed by atoms with Crippen LogP contribution in [0.25, 0.3) is 0 Å². The van der Waals surface area contributed by atoms with E-state index in [-0.39, 0.29) is 0 Å². The Morgan fingerprint density at radius 1 is 1.17 bits per heavy atom. The number of aldehydes is 1. The molecule has 1 nitrogen and oxygen atoms in total. The molecule has 66 valence electrons. The zero-order valence-electron chi connectivity index (χ0n) is 7.29. The van der Waals surface area contributed by atoms with E-state index < -0.39 is 0 Å². The maximum Gasteiger partial charge on any atom is 0.120 e. The summed E-state index contributed by atoms with van der Waals surface area (Å²) >= 11 is 3.62. The Kier molecular flexibility index (Phi) is 3.95. The highest BCUT2D eigenvalue weighted by Gasteiger charge is 2.12. The van der Waals surface area contributed by atoms with Crippen LogP contribution in [0.5, 0.6) is 0 Å². The molecule has 0 aromatic heterocycles. The second-order valence-corrected chi connectivity index (χ2v) is 5.35. The summed E-state index contributed by atoms with van der Waals surface area (Å²) in [5.41, 5.74) is 0. The van der Waals surface area contributed by atoms with E-state index >= 15 is 0 Å². The maximum absolute atomic E-state index is 10.1. The lowest BCUT2D eigenvalue weighted by molar-refractivity contribution is -0.107. The molecule has 1 rings (SSSR count). The van der Waals surface area contributed by atoms with Crippen molar-refractivity contribution in [2.75, 3.05) is 0 Å². The van der Waals surface area contributed by atoms with Gasteiger partial charge in [0.2, 0.25) is 0 Å². The maximum atomic E-state index is 10.1. The summed E-state index contributed by atoms with van der Waals surface area (Å²) in [6, 6.07) is 0. The third-order valence-corrected chi connectivity index (χ3v) is 4.19. The van der Waals surface area contributed by atoms with E-state index in [1.165, 1.54) is 14.0 Å². The van der Waals surface area contributed by atoms with E-state index in [0.717, 1.165) is 12.7 Å². The summed E-state index contributed by atoms with van der Waals surface area (Å²) in [5.74, 6) is 0. The van der Waals surface area contributed by atoms with Crippen LogP contribution in [0.1, 0.15) is 26.7 Å². The van der Waals surface area contributed by atoms with Crippen LogP contribution in [0.2, 0.25) is 0 Å². The fraction of sp³-hybridized carbons (Fsp3) is 0.444. The van der Waals surface area contributed by atoms with Gasteiger partial charge in [0.15, 0.2) is 0 Å². The number of thioether (sulfide) groups is 2. The van der Waals surface area contributed by atoms with Gasteiger partial charge < -0.3 is 4.79 Å². The summed E-state index contributed by atoms with van der Waals surface area (Å²) < 4.78 is 1.33. The fourth-order valence-corrected chi connectivity index (χ4v) is 3.28. The molecular weight excluding hydrogens is 188 g/mol. The van der Waals surface area contributed by atoms with Crippen LogP contribution in [0.3, 0.4) is 0 Å². The molecule has 1 aliphatic rings. The second-order valence-electron chi connectivity index (χ2n) is 2.58. The molecule has 0 bridgehead atoms. The van der Waals surface area contributed by atoms with E-state index in [4.69, 9.17) is 0 Å². The van der Waals surface area contributed by atoms with Crippen molar-refractivity contribution in [2.24, 2.45) is 0 Å². The van der Waals surface area contributed by atoms with Crippen molar-refractivity contribution < 1.29 is 4.79 Å². The van der Waals surface area contributed by atoms with Crippen molar-refractivity contribution in [3.63, 3.8) is 0 Å². The average molecular weight is 200 g/mol. The Hall–Kier alpha value is -0.150. The van der Waals surface area contributed by atoms with E-state index in [0.29, 0.717) is 6.42 Å². The number of hydrogen-bond acceptors (Lipinski definition) is 3. The van der Waals surface area contributed by atoms with E-state index in [1.807, 2.05) is 23.5 Å². The van der Waals surface area contributed by atoms with Gasteiger partial charge in [-0.15, -0.1) is 0 Å². The standard InChI is InChI=1S/C9H12OS2/c1-7-8(2)12-9(11-7)5-3-4-6-10/h5-6H,3-4H2,1-2H3. The van der Waals surface area contributed by atoms with Crippen LogP contribution in [0.4, 0.5) is 0 Å². The molecule has 0 aromatic carbocycles. The molecule has 0 aliphatic carbocycles. The quantitative estimate of drug-likeness (QED) is 0.512. The van der Waals surface area contributed by atoms with Gasteiger partial charge in [-0.25, -0.2) is 0 Å². The van der Waals surface area contributed by atoms with E-state index in [1.54, 1.807) is 0 Å². The predicted octanol–water partition coefficient (Wildman–Crippen LogP) is 3.54. The number of rotatable bonds is 3. The highest BCUT2D eigenvalue weighted by atomic mass is 32.2. The Morgan fingerprint density at radius 3 is 2.25 bits per heavy atom. The van der Waals surface area contributed by atoms with Gasteiger partial charge in [-0.3, -0.25) is 0 Å². The van der Waals surface area contributed by atoms with Gasteiger partial charge in [0.05, 0.1) is 0 Å². The van der Waals surface area contributed by atoms with Gasteiger partial charge in [0, 0.05) is 10.7 Å². The molecule has 0 saturated heterocycles. The molecule has 0 spiro atoms. The van der Waals surface area contributed by atoms with Crippen LogP contribution in [0.15, 0.2) is 20.1 Å². The molecular formula is C9H12OS2. The Morgan fingerprint density at radius 2 is 1.75 bits per heavy atom. The molecule has 12 heavy (non-hydrogen) atoms. The predicted molar refractivity (Wildman–Crippen MR) is 56.9 cm³/mol. The Labute approximate surface area is 81.7 Å². The minimum absolute atomic E-state index is 0.642. The van der Waals surface area contributed by atoms with Crippen LogP contribution < -0.4 is 0 Å². The van der Waals surface area contributed by atoms with Crippen molar-refractivity contribution in [1.29, 1.82) is 0 Å². The van der Waals surface area contributed by atoms with Gasteiger partial charge in [-0.1, -0.05) is 29.6 Å². The summed E-state index contributed by atoms with van der Waals surface area (Å²) in [6.45, 7) is 4.27. The smallest absolute Gasteiger partial charge is 0.120 e. The molecule has 0 atom stereocenters. The monoisotopic (exact) mass is 200 g/mol. The number of hydrogen-bond donors (Lipinski definition) is 0. The van der Waals surface area contributed by atoms with Crippen molar-refractivity contribution in [1.82, 2.24) is 0 Å². The van der Waals surface area contributed by atoms with E-state index in [2.05, 4.69) is 19.9 Å². The molecule has 3 heteroatoms. The number of unbranched alkanes of at least 4 members (excludes halogenated alkanes) is 1. The lowest BCUT2D eigenvalue weighted by Gasteiger charge is -1.92. The zero-order valence-corrected chi connectivity index (χ0v) is 8.93. The van der Waals surface area contributed by atoms with Crippen LogP contribution >= 0.6 is 23.5 Å². The van der Waals surface area contributed by atoms with Crippen molar-refractivity contribution in [3.8, 4) is 0 Å². The first-order valence-corrected chi connectivity index (χ1v) is 5.54. The largest absolute Gasteiger partial charge is 0.303 e. The SMILES string of the molecule is CC1=C(C)SC(=CCCC=O)S1. The number of carbonyl (C=O) groups is 1. The van der Waals surface area contributed by atoms with Gasteiger partial charge in [-0.05, 0) is 30.1 Å². The van der Waals surface area contributed by atoms with Crippen molar-refractivity contribution in [2.45, 2.75) is 26.7 Å². The lowest BCUT2D eigenvalue weighted by Crippen LogP contribution is -1.71. The Bertz CT molecular complexity index is 225.